The Morgan fingerprint density at radius 1 is 1.29 bits per heavy atom. The molecule has 0 aliphatic carbocycles. The fourth-order valence-electron chi connectivity index (χ4n) is 2.15. The van der Waals surface area contributed by atoms with Crippen molar-refractivity contribution in [2.45, 2.75) is 11.0 Å². The summed E-state index contributed by atoms with van der Waals surface area (Å²) in [5.41, 5.74) is 0.938. The molecule has 0 fully saturated rings. The molecule has 3 rings (SSSR count). The van der Waals surface area contributed by atoms with Gasteiger partial charge >= 0.3 is 6.61 Å². The first-order valence-electron chi connectivity index (χ1n) is 7.75. The van der Waals surface area contributed by atoms with Crippen molar-refractivity contribution < 1.29 is 18.3 Å². The highest BCUT2D eigenvalue weighted by Gasteiger charge is 2.13. The van der Waals surface area contributed by atoms with E-state index < -0.39 is 6.61 Å². The summed E-state index contributed by atoms with van der Waals surface area (Å²) >= 11 is 13.7. The maximum atomic E-state index is 12.4. The van der Waals surface area contributed by atoms with Crippen LogP contribution in [0.2, 0.25) is 5.02 Å². The number of halogens is 3. The minimum atomic E-state index is -2.98. The lowest BCUT2D eigenvalue weighted by molar-refractivity contribution is -0.113. The predicted molar refractivity (Wildman–Crippen MR) is 110 cm³/mol. The quantitative estimate of drug-likeness (QED) is 0.365. The molecule has 3 aromatic rings. The molecule has 0 atom stereocenters. The van der Waals surface area contributed by atoms with Crippen molar-refractivity contribution in [2.75, 3.05) is 11.1 Å². The van der Waals surface area contributed by atoms with E-state index in [1.807, 2.05) is 0 Å². The van der Waals surface area contributed by atoms with E-state index in [0.29, 0.717) is 13.3 Å². The van der Waals surface area contributed by atoms with Gasteiger partial charge in [0.2, 0.25) is 5.91 Å². The van der Waals surface area contributed by atoms with Crippen molar-refractivity contribution >= 4 is 58.5 Å². The molecule has 1 N–H and O–H groups in total. The molecule has 28 heavy (non-hydrogen) atoms. The van der Waals surface area contributed by atoms with Gasteiger partial charge in [-0.15, -0.1) is 5.10 Å². The Balaban J connectivity index is 1.64. The molecule has 0 aliphatic rings. The van der Waals surface area contributed by atoms with Crippen LogP contribution < -0.4 is 10.1 Å². The van der Waals surface area contributed by atoms with Crippen LogP contribution in [0.15, 0.2) is 52.9 Å². The Morgan fingerprint density at radius 3 is 2.71 bits per heavy atom. The fourth-order valence-corrected chi connectivity index (χ4v) is 4.43. The molecule has 1 aromatic heterocycles. The van der Waals surface area contributed by atoms with Gasteiger partial charge in [-0.2, -0.15) is 8.78 Å². The minimum Gasteiger partial charge on any atom is -0.433 e. The number of thioether (sulfide) groups is 1. The topological polar surface area (TPSA) is 56.2 Å². The molecule has 146 valence electrons. The molecule has 0 saturated carbocycles. The number of aromatic nitrogens is 2. The molecule has 1 heterocycles. The van der Waals surface area contributed by atoms with Crippen molar-refractivity contribution in [3.05, 3.63) is 57.5 Å². The molecule has 1 amide bonds. The van der Waals surface area contributed by atoms with Crippen LogP contribution in [0.4, 0.5) is 14.5 Å². The van der Waals surface area contributed by atoms with Gasteiger partial charge in [0.1, 0.15) is 5.75 Å². The van der Waals surface area contributed by atoms with E-state index in [2.05, 4.69) is 15.2 Å². The normalized spacial score (nSPS) is 10.9. The van der Waals surface area contributed by atoms with E-state index in [-0.39, 0.29) is 23.1 Å². The predicted octanol–water partition coefficient (Wildman–Crippen LogP) is 5.65. The Labute approximate surface area is 177 Å². The molecule has 11 heteroatoms. The number of carbonyl (C=O) groups is 1. The van der Waals surface area contributed by atoms with Gasteiger partial charge in [-0.1, -0.05) is 46.8 Å². The van der Waals surface area contributed by atoms with Gasteiger partial charge in [-0.05, 0) is 48.6 Å². The minimum absolute atomic E-state index is 0.0336. The van der Waals surface area contributed by atoms with Gasteiger partial charge in [-0.3, -0.25) is 4.79 Å². The number of ether oxygens (including phenoxy) is 1. The number of nitrogens with one attached hydrogen (secondary N) is 1. The van der Waals surface area contributed by atoms with Crippen LogP contribution in [0, 0.1) is 3.95 Å². The molecule has 5 nitrogen and oxygen atoms in total. The lowest BCUT2D eigenvalue weighted by Crippen LogP contribution is -2.15. The number of alkyl halides is 2. The monoisotopic (exact) mass is 459 g/mol. The highest BCUT2D eigenvalue weighted by molar-refractivity contribution is 8.01. The van der Waals surface area contributed by atoms with Crippen molar-refractivity contribution in [3.63, 3.8) is 0 Å². The first-order valence-corrected chi connectivity index (χ1v) is 10.3. The highest BCUT2D eigenvalue weighted by atomic mass is 35.5. The van der Waals surface area contributed by atoms with E-state index in [4.69, 9.17) is 23.8 Å². The molecule has 0 bridgehead atoms. The molecule has 0 unspecified atom stereocenters. The molecular formula is C17H12ClF2N3O2S3. The largest absolute Gasteiger partial charge is 0.433 e. The Kier molecular flexibility index (Phi) is 7.00. The molecular weight excluding hydrogens is 448 g/mol. The van der Waals surface area contributed by atoms with Gasteiger partial charge in [0, 0.05) is 5.02 Å². The summed E-state index contributed by atoms with van der Waals surface area (Å²) in [6, 6.07) is 13.0. The van der Waals surface area contributed by atoms with E-state index >= 15 is 0 Å². The van der Waals surface area contributed by atoms with Gasteiger partial charge in [-0.25, -0.2) is 4.68 Å². The van der Waals surface area contributed by atoms with Gasteiger partial charge < -0.3 is 10.1 Å². The Bertz CT molecular complexity index is 1020. The third kappa shape index (κ3) is 5.51. The van der Waals surface area contributed by atoms with Crippen molar-refractivity contribution in [1.29, 1.82) is 0 Å². The van der Waals surface area contributed by atoms with Crippen LogP contribution in [-0.2, 0) is 4.79 Å². The first kappa shape index (κ1) is 20.7. The number of carbonyl (C=O) groups excluding carboxylic acids is 1. The standard InChI is InChI=1S/C17H12ClF2N3O2S3/c18-10-5-7-11(8-6-10)23-17(26)28-16(22-23)27-9-14(24)21-12-3-1-2-4-13(12)25-15(19)20/h1-8,15H,9H2,(H,21,24). The van der Waals surface area contributed by atoms with Crippen LogP contribution in [0.1, 0.15) is 0 Å². The zero-order valence-corrected chi connectivity index (χ0v) is 17.2. The Morgan fingerprint density at radius 2 is 2.00 bits per heavy atom. The number of amides is 1. The SMILES string of the molecule is O=C(CSc1nn(-c2ccc(Cl)cc2)c(=S)s1)Nc1ccccc1OC(F)F. The van der Waals surface area contributed by atoms with Gasteiger partial charge in [0.05, 0.1) is 17.1 Å². The van der Waals surface area contributed by atoms with Gasteiger partial charge in [0.15, 0.2) is 8.29 Å². The second kappa shape index (κ2) is 9.46. The second-order valence-electron chi connectivity index (χ2n) is 5.23. The highest BCUT2D eigenvalue weighted by Crippen LogP contribution is 2.27. The van der Waals surface area contributed by atoms with Crippen LogP contribution in [0.5, 0.6) is 5.75 Å². The Hall–Kier alpha value is -2.01. The summed E-state index contributed by atoms with van der Waals surface area (Å²) in [4.78, 5) is 12.2. The summed E-state index contributed by atoms with van der Waals surface area (Å²) in [7, 11) is 0. The number of hydrogen-bond donors (Lipinski definition) is 1. The number of rotatable bonds is 7. The molecule has 0 spiro atoms. The average Bonchev–Trinajstić information content (AvgIpc) is 3.03. The third-order valence-electron chi connectivity index (χ3n) is 3.30. The maximum Gasteiger partial charge on any atom is 0.387 e. The lowest BCUT2D eigenvalue weighted by atomic mass is 10.3. The van der Waals surface area contributed by atoms with Crippen LogP contribution >= 0.6 is 46.9 Å². The number of benzene rings is 2. The third-order valence-corrected chi connectivity index (χ3v) is 5.92. The molecule has 2 aromatic carbocycles. The summed E-state index contributed by atoms with van der Waals surface area (Å²) in [5, 5.41) is 7.55. The number of anilines is 1. The van der Waals surface area contributed by atoms with Crippen LogP contribution in [0.3, 0.4) is 0 Å². The fraction of sp³-hybridized carbons (Fsp3) is 0.118. The van der Waals surface area contributed by atoms with E-state index in [1.54, 1.807) is 35.0 Å². The smallest absolute Gasteiger partial charge is 0.387 e. The van der Waals surface area contributed by atoms with Gasteiger partial charge in [0.25, 0.3) is 0 Å². The molecule has 0 saturated heterocycles. The van der Waals surface area contributed by atoms with E-state index in [1.165, 1.54) is 41.3 Å². The van der Waals surface area contributed by atoms with Crippen LogP contribution in [0.25, 0.3) is 5.69 Å². The van der Waals surface area contributed by atoms with Crippen molar-refractivity contribution in [3.8, 4) is 11.4 Å². The van der Waals surface area contributed by atoms with Crippen molar-refractivity contribution in [1.82, 2.24) is 9.78 Å². The zero-order chi connectivity index (χ0) is 20.1. The summed E-state index contributed by atoms with van der Waals surface area (Å²) in [5.74, 6) is -0.445. The summed E-state index contributed by atoms with van der Waals surface area (Å²) in [6.07, 6.45) is 0. The molecule has 0 radical (unpaired) electrons. The first-order chi connectivity index (χ1) is 13.4. The molecule has 0 aliphatic heterocycles. The number of nitrogens with zero attached hydrogens (tertiary/aromatic N) is 2. The summed E-state index contributed by atoms with van der Waals surface area (Å²) in [6.45, 7) is -2.98. The maximum absolute atomic E-state index is 12.4. The summed E-state index contributed by atoms with van der Waals surface area (Å²) < 4.78 is 32.0. The van der Waals surface area contributed by atoms with E-state index in [9.17, 15) is 13.6 Å². The zero-order valence-electron chi connectivity index (χ0n) is 14.0. The lowest BCUT2D eigenvalue weighted by Gasteiger charge is -2.11. The van der Waals surface area contributed by atoms with E-state index in [0.717, 1.165) is 5.69 Å². The van der Waals surface area contributed by atoms with Crippen molar-refractivity contribution in [2.24, 2.45) is 0 Å². The second-order valence-corrected chi connectivity index (χ2v) is 8.52. The number of para-hydroxylation sites is 2. The number of hydrogen-bond acceptors (Lipinski definition) is 6. The average molecular weight is 460 g/mol. The van der Waals surface area contributed by atoms with Crippen LogP contribution in [-0.4, -0.2) is 28.1 Å².